The van der Waals surface area contributed by atoms with Crippen molar-refractivity contribution in [2.24, 2.45) is 0 Å². The van der Waals surface area contributed by atoms with E-state index >= 15 is 0 Å². The van der Waals surface area contributed by atoms with Crippen LogP contribution in [-0.4, -0.2) is 6.71 Å². The molecule has 0 amide bonds. The van der Waals surface area contributed by atoms with E-state index in [9.17, 15) is 0 Å². The molecule has 11 rings (SSSR count). The average Bonchev–Trinajstić information content (AvgIpc) is 3.61. The summed E-state index contributed by atoms with van der Waals surface area (Å²) < 4.78 is 2.57. The smallest absolute Gasteiger partial charge is 0.252 e. The number of hydrogen-bond donors (Lipinski definition) is 0. The van der Waals surface area contributed by atoms with Gasteiger partial charge in [-0.1, -0.05) is 121 Å². The van der Waals surface area contributed by atoms with Crippen molar-refractivity contribution in [2.75, 3.05) is 14.7 Å². The number of rotatable bonds is 5. The SMILES string of the molecule is c1ccc(N2c3ccccc3B3c4ccccc4N(c4ccccc4)c4cc(N(c5ccccc5)c5cccc6c5sc5ccccc56)cc2c43)cc1. The summed E-state index contributed by atoms with van der Waals surface area (Å²) in [5.41, 5.74) is 14.4. The third-order valence-corrected chi connectivity index (χ3v) is 12.0. The molecule has 248 valence electrons. The standard InChI is InChI=1S/C48H32BN3S/c1-4-17-33(18-5-1)50(43-29-16-24-38-37-23-10-15-30-46(37)53-48(38)43)36-31-44-47-45(32-36)52(35-21-8-3-9-22-35)42-28-14-12-26-40(42)49(47)39-25-11-13-27-41(39)51(44)34-19-6-2-7-20-34/h1-32H. The van der Waals surface area contributed by atoms with E-state index in [-0.39, 0.29) is 6.71 Å². The van der Waals surface area contributed by atoms with E-state index in [0.717, 1.165) is 22.7 Å². The van der Waals surface area contributed by atoms with Crippen molar-refractivity contribution in [2.45, 2.75) is 0 Å². The monoisotopic (exact) mass is 693 g/mol. The molecule has 8 aromatic carbocycles. The summed E-state index contributed by atoms with van der Waals surface area (Å²) in [6, 6.07) is 70.9. The highest BCUT2D eigenvalue weighted by Crippen LogP contribution is 2.50. The van der Waals surface area contributed by atoms with Crippen molar-refractivity contribution >= 4 is 106 Å². The number of thiophene rings is 1. The fourth-order valence-electron chi connectivity index (χ4n) is 8.64. The predicted octanol–water partition coefficient (Wildman–Crippen LogP) is 11.6. The maximum absolute atomic E-state index is 2.48. The van der Waals surface area contributed by atoms with Gasteiger partial charge in [0.15, 0.2) is 0 Å². The first kappa shape index (κ1) is 30.1. The van der Waals surface area contributed by atoms with Gasteiger partial charge in [0.05, 0.1) is 16.1 Å². The van der Waals surface area contributed by atoms with Gasteiger partial charge in [0.2, 0.25) is 0 Å². The highest BCUT2D eigenvalue weighted by molar-refractivity contribution is 7.26. The first-order valence-electron chi connectivity index (χ1n) is 18.1. The number of hydrogen-bond acceptors (Lipinski definition) is 4. The minimum Gasteiger partial charge on any atom is -0.311 e. The minimum atomic E-state index is 0.0672. The van der Waals surface area contributed by atoms with Crippen molar-refractivity contribution in [1.29, 1.82) is 0 Å². The Kier molecular flexibility index (Phi) is 6.82. The Morgan fingerprint density at radius 3 is 1.55 bits per heavy atom. The molecule has 0 saturated heterocycles. The lowest BCUT2D eigenvalue weighted by atomic mass is 9.33. The molecule has 9 aromatic rings. The van der Waals surface area contributed by atoms with Gasteiger partial charge in [0, 0.05) is 55.3 Å². The molecule has 0 radical (unpaired) electrons. The van der Waals surface area contributed by atoms with Gasteiger partial charge in [0.25, 0.3) is 6.71 Å². The summed E-state index contributed by atoms with van der Waals surface area (Å²) in [6.07, 6.45) is 0. The van der Waals surface area contributed by atoms with Gasteiger partial charge < -0.3 is 14.7 Å². The Hall–Kier alpha value is -6.56. The van der Waals surface area contributed by atoms with Gasteiger partial charge in [-0.25, -0.2) is 0 Å². The maximum atomic E-state index is 2.48. The molecule has 0 N–H and O–H groups in total. The second-order valence-electron chi connectivity index (χ2n) is 13.7. The highest BCUT2D eigenvalue weighted by atomic mass is 32.1. The van der Waals surface area contributed by atoms with Crippen LogP contribution in [0.4, 0.5) is 51.2 Å². The zero-order chi connectivity index (χ0) is 34.9. The summed E-state index contributed by atoms with van der Waals surface area (Å²) in [6.45, 7) is 0.0672. The van der Waals surface area contributed by atoms with E-state index in [4.69, 9.17) is 0 Å². The fraction of sp³-hybridized carbons (Fsp3) is 0. The van der Waals surface area contributed by atoms with Crippen LogP contribution in [0, 0.1) is 0 Å². The molecular formula is C48H32BN3S. The second kappa shape index (κ2) is 12.0. The van der Waals surface area contributed by atoms with Crippen LogP contribution in [0.1, 0.15) is 0 Å². The van der Waals surface area contributed by atoms with Gasteiger partial charge >= 0.3 is 0 Å². The van der Waals surface area contributed by atoms with Crippen molar-refractivity contribution < 1.29 is 0 Å². The molecule has 2 aliphatic rings. The molecule has 0 spiro atoms. The van der Waals surface area contributed by atoms with Crippen LogP contribution in [-0.2, 0) is 0 Å². The van der Waals surface area contributed by atoms with Gasteiger partial charge in [-0.05, 0) is 89.2 Å². The summed E-state index contributed by atoms with van der Waals surface area (Å²) >= 11 is 1.87. The molecule has 3 heterocycles. The molecular weight excluding hydrogens is 661 g/mol. The topological polar surface area (TPSA) is 9.72 Å². The average molecular weight is 694 g/mol. The van der Waals surface area contributed by atoms with E-state index in [1.54, 1.807) is 0 Å². The van der Waals surface area contributed by atoms with Crippen LogP contribution in [0.25, 0.3) is 20.2 Å². The third kappa shape index (κ3) is 4.61. The second-order valence-corrected chi connectivity index (χ2v) is 14.8. The number of anilines is 9. The van der Waals surface area contributed by atoms with E-state index in [2.05, 4.69) is 209 Å². The molecule has 1 aromatic heterocycles. The Morgan fingerprint density at radius 1 is 0.415 bits per heavy atom. The lowest BCUT2D eigenvalue weighted by Gasteiger charge is -2.45. The van der Waals surface area contributed by atoms with Crippen LogP contribution >= 0.6 is 11.3 Å². The van der Waals surface area contributed by atoms with E-state index in [0.29, 0.717) is 0 Å². The van der Waals surface area contributed by atoms with Crippen LogP contribution in [0.2, 0.25) is 0 Å². The number of nitrogens with zero attached hydrogens (tertiary/aromatic N) is 3. The molecule has 0 aliphatic carbocycles. The van der Waals surface area contributed by atoms with Crippen LogP contribution in [0.5, 0.6) is 0 Å². The van der Waals surface area contributed by atoms with Crippen LogP contribution in [0.3, 0.4) is 0 Å². The number of fused-ring (bicyclic) bond motifs is 7. The first-order valence-corrected chi connectivity index (χ1v) is 19.0. The van der Waals surface area contributed by atoms with Crippen molar-refractivity contribution in [3.63, 3.8) is 0 Å². The predicted molar refractivity (Wildman–Crippen MR) is 228 cm³/mol. The van der Waals surface area contributed by atoms with E-state index in [1.807, 2.05) is 11.3 Å². The molecule has 53 heavy (non-hydrogen) atoms. The van der Waals surface area contributed by atoms with Gasteiger partial charge in [-0.15, -0.1) is 11.3 Å². The van der Waals surface area contributed by atoms with Crippen molar-refractivity contribution in [3.8, 4) is 0 Å². The van der Waals surface area contributed by atoms with Crippen LogP contribution < -0.4 is 31.1 Å². The lowest BCUT2D eigenvalue weighted by Crippen LogP contribution is -2.61. The highest BCUT2D eigenvalue weighted by Gasteiger charge is 2.43. The fourth-order valence-corrected chi connectivity index (χ4v) is 9.84. The minimum absolute atomic E-state index is 0.0672. The molecule has 0 unspecified atom stereocenters. The van der Waals surface area contributed by atoms with Gasteiger partial charge in [-0.3, -0.25) is 0 Å². The molecule has 0 bridgehead atoms. The van der Waals surface area contributed by atoms with E-state index < -0.39 is 0 Å². The van der Waals surface area contributed by atoms with E-state index in [1.165, 1.54) is 65.0 Å². The first-order chi connectivity index (χ1) is 26.3. The zero-order valence-corrected chi connectivity index (χ0v) is 29.6. The quantitative estimate of drug-likeness (QED) is 0.166. The molecule has 3 nitrogen and oxygen atoms in total. The third-order valence-electron chi connectivity index (χ3n) is 10.8. The summed E-state index contributed by atoms with van der Waals surface area (Å²) in [5.74, 6) is 0. The number of benzene rings is 8. The number of para-hydroxylation sites is 5. The summed E-state index contributed by atoms with van der Waals surface area (Å²) in [5, 5.41) is 2.58. The van der Waals surface area contributed by atoms with Crippen LogP contribution in [0.15, 0.2) is 194 Å². The van der Waals surface area contributed by atoms with Crippen molar-refractivity contribution in [1.82, 2.24) is 0 Å². The zero-order valence-electron chi connectivity index (χ0n) is 28.8. The van der Waals surface area contributed by atoms with Gasteiger partial charge in [-0.2, -0.15) is 0 Å². The Bertz CT molecular complexity index is 2710. The molecule has 5 heteroatoms. The molecule has 0 atom stereocenters. The molecule has 2 aliphatic heterocycles. The Morgan fingerprint density at radius 2 is 0.925 bits per heavy atom. The lowest BCUT2D eigenvalue weighted by molar-refractivity contribution is 1.23. The Balaban J connectivity index is 1.27. The maximum Gasteiger partial charge on any atom is 0.252 e. The molecule has 0 fully saturated rings. The summed E-state index contributed by atoms with van der Waals surface area (Å²) in [7, 11) is 0. The van der Waals surface area contributed by atoms with Gasteiger partial charge in [0.1, 0.15) is 0 Å². The Labute approximate surface area is 313 Å². The van der Waals surface area contributed by atoms with Crippen molar-refractivity contribution in [3.05, 3.63) is 194 Å². The molecule has 0 saturated carbocycles. The summed E-state index contributed by atoms with van der Waals surface area (Å²) in [4.78, 5) is 7.43. The largest absolute Gasteiger partial charge is 0.311 e. The normalized spacial score (nSPS) is 12.8.